The molecule has 0 aromatic heterocycles. The molecule has 7 atom stereocenters. The number of carbonyl (C=O) groups is 1. The second-order valence-corrected chi connectivity index (χ2v) is 9.56. The van der Waals surface area contributed by atoms with Gasteiger partial charge in [-0.15, -0.1) is 0 Å². The van der Waals surface area contributed by atoms with Crippen molar-refractivity contribution in [3.05, 3.63) is 0 Å². The van der Waals surface area contributed by atoms with Gasteiger partial charge in [0.1, 0.15) is 6.61 Å². The molecule has 3 fully saturated rings. The van der Waals surface area contributed by atoms with Gasteiger partial charge in [0.25, 0.3) is 0 Å². The van der Waals surface area contributed by atoms with Crippen molar-refractivity contribution >= 4 is 5.78 Å². The van der Waals surface area contributed by atoms with Gasteiger partial charge in [-0.05, 0) is 87.4 Å². The van der Waals surface area contributed by atoms with Crippen molar-refractivity contribution in [1.82, 2.24) is 0 Å². The molecule has 0 aliphatic heterocycles. The second-order valence-electron chi connectivity index (χ2n) is 9.56. The van der Waals surface area contributed by atoms with Crippen LogP contribution in [0.2, 0.25) is 0 Å². The first-order valence-electron chi connectivity index (χ1n) is 10.2. The van der Waals surface area contributed by atoms with Crippen molar-refractivity contribution in [3.63, 3.8) is 0 Å². The lowest BCUT2D eigenvalue weighted by Gasteiger charge is -2.49. The number of rotatable bonds is 4. The van der Waals surface area contributed by atoms with E-state index in [0.717, 1.165) is 43.9 Å². The van der Waals surface area contributed by atoms with Gasteiger partial charge in [-0.1, -0.05) is 20.3 Å². The van der Waals surface area contributed by atoms with Crippen LogP contribution in [0.15, 0.2) is 0 Å². The number of aliphatic hydroxyl groups is 2. The molecule has 0 amide bonds. The summed E-state index contributed by atoms with van der Waals surface area (Å²) in [6.45, 7) is 6.30. The van der Waals surface area contributed by atoms with Crippen LogP contribution in [0.1, 0.15) is 78.6 Å². The molecule has 0 radical (unpaired) electrons. The molecule has 24 heavy (non-hydrogen) atoms. The van der Waals surface area contributed by atoms with Crippen molar-refractivity contribution in [1.29, 1.82) is 0 Å². The zero-order chi connectivity index (χ0) is 17.5. The van der Waals surface area contributed by atoms with Crippen LogP contribution in [-0.2, 0) is 4.79 Å². The van der Waals surface area contributed by atoms with Crippen molar-refractivity contribution < 1.29 is 15.0 Å². The van der Waals surface area contributed by atoms with Crippen LogP contribution in [0.4, 0.5) is 0 Å². The maximum atomic E-state index is 12.1. The van der Waals surface area contributed by atoms with E-state index in [-0.39, 0.29) is 23.7 Å². The Kier molecular flexibility index (Phi) is 5.15. The van der Waals surface area contributed by atoms with Gasteiger partial charge in [-0.3, -0.25) is 4.79 Å². The van der Waals surface area contributed by atoms with Gasteiger partial charge in [0.05, 0.1) is 5.60 Å². The molecule has 3 aliphatic rings. The summed E-state index contributed by atoms with van der Waals surface area (Å²) in [4.78, 5) is 12.1. The molecule has 0 aromatic rings. The van der Waals surface area contributed by atoms with Crippen LogP contribution in [-0.4, -0.2) is 28.2 Å². The Morgan fingerprint density at radius 3 is 2.54 bits per heavy atom. The maximum Gasteiger partial charge on any atom is 0.161 e. The monoisotopic (exact) mass is 336 g/mol. The van der Waals surface area contributed by atoms with E-state index >= 15 is 0 Å². The average Bonchev–Trinajstić information content (AvgIpc) is 2.89. The number of Topliss-reactive ketones (excluding diaryl/α,β-unsaturated/α-hetero) is 1. The summed E-state index contributed by atoms with van der Waals surface area (Å²) in [6, 6.07) is 0. The fourth-order valence-corrected chi connectivity index (χ4v) is 6.68. The van der Waals surface area contributed by atoms with Crippen molar-refractivity contribution in [3.8, 4) is 0 Å². The molecule has 138 valence electrons. The minimum atomic E-state index is -0.466. The topological polar surface area (TPSA) is 57.5 Å². The van der Waals surface area contributed by atoms with E-state index in [0.29, 0.717) is 11.8 Å². The first-order chi connectivity index (χ1) is 11.3. The Labute approximate surface area is 147 Å². The highest BCUT2D eigenvalue weighted by atomic mass is 16.3. The Bertz CT molecular complexity index is 472. The standard InChI is InChI=1S/C21H36O3/c1-4-14-12-20(2,24)9-8-17(14)15-7-10-21(3)16(11-15)5-6-18(21)19(23)13-22/h14-18,22,24H,4-13H2,1-3H3. The fourth-order valence-electron chi connectivity index (χ4n) is 6.68. The minimum absolute atomic E-state index is 0.0681. The third-order valence-corrected chi connectivity index (χ3v) is 8.17. The van der Waals surface area contributed by atoms with Crippen molar-refractivity contribution in [2.24, 2.45) is 35.0 Å². The highest BCUT2D eigenvalue weighted by Gasteiger charge is 2.53. The quantitative estimate of drug-likeness (QED) is 0.817. The smallest absolute Gasteiger partial charge is 0.161 e. The number of hydrogen-bond acceptors (Lipinski definition) is 3. The van der Waals surface area contributed by atoms with E-state index < -0.39 is 5.60 Å². The van der Waals surface area contributed by atoms with Gasteiger partial charge in [-0.25, -0.2) is 0 Å². The highest BCUT2D eigenvalue weighted by molar-refractivity contribution is 5.83. The minimum Gasteiger partial charge on any atom is -0.390 e. The lowest BCUT2D eigenvalue weighted by atomic mass is 9.56. The molecule has 0 aromatic carbocycles. The summed E-state index contributed by atoms with van der Waals surface area (Å²) in [6.07, 6.45) is 10.00. The Hall–Kier alpha value is -0.410. The largest absolute Gasteiger partial charge is 0.390 e. The van der Waals surface area contributed by atoms with Crippen LogP contribution in [0, 0.1) is 35.0 Å². The zero-order valence-electron chi connectivity index (χ0n) is 15.8. The van der Waals surface area contributed by atoms with Crippen LogP contribution < -0.4 is 0 Å². The molecule has 0 bridgehead atoms. The van der Waals surface area contributed by atoms with Gasteiger partial charge in [0, 0.05) is 5.92 Å². The number of fused-ring (bicyclic) bond motifs is 1. The first-order valence-corrected chi connectivity index (χ1v) is 10.2. The summed E-state index contributed by atoms with van der Waals surface area (Å²) < 4.78 is 0. The van der Waals surface area contributed by atoms with Gasteiger partial charge < -0.3 is 10.2 Å². The third-order valence-electron chi connectivity index (χ3n) is 8.17. The highest BCUT2D eigenvalue weighted by Crippen LogP contribution is 2.59. The predicted octanol–water partition coefficient (Wildman–Crippen LogP) is 3.96. The van der Waals surface area contributed by atoms with E-state index in [9.17, 15) is 15.0 Å². The Morgan fingerprint density at radius 2 is 1.88 bits per heavy atom. The SMILES string of the molecule is CCC1CC(C)(O)CCC1C1CCC2(C)C(CCC2C(=O)CO)C1. The van der Waals surface area contributed by atoms with E-state index in [1.165, 1.54) is 25.7 Å². The third kappa shape index (κ3) is 3.19. The summed E-state index contributed by atoms with van der Waals surface area (Å²) in [5, 5.41) is 19.7. The Morgan fingerprint density at radius 1 is 1.12 bits per heavy atom. The van der Waals surface area contributed by atoms with Gasteiger partial charge in [-0.2, -0.15) is 0 Å². The molecule has 3 nitrogen and oxygen atoms in total. The number of carbonyl (C=O) groups excluding carboxylic acids is 1. The van der Waals surface area contributed by atoms with E-state index in [4.69, 9.17) is 0 Å². The zero-order valence-corrected chi connectivity index (χ0v) is 15.8. The van der Waals surface area contributed by atoms with Gasteiger partial charge >= 0.3 is 0 Å². The molecule has 2 N–H and O–H groups in total. The molecule has 3 heteroatoms. The molecule has 3 aliphatic carbocycles. The molecule has 3 rings (SSSR count). The van der Waals surface area contributed by atoms with Gasteiger partial charge in [0.2, 0.25) is 0 Å². The van der Waals surface area contributed by atoms with Gasteiger partial charge in [0.15, 0.2) is 5.78 Å². The summed E-state index contributed by atoms with van der Waals surface area (Å²) in [5.41, 5.74) is -0.343. The molecule has 0 heterocycles. The molecular weight excluding hydrogens is 300 g/mol. The van der Waals surface area contributed by atoms with Crippen molar-refractivity contribution in [2.45, 2.75) is 84.2 Å². The van der Waals surface area contributed by atoms with E-state index in [1.807, 2.05) is 6.92 Å². The fraction of sp³-hybridized carbons (Fsp3) is 0.952. The van der Waals surface area contributed by atoms with Crippen molar-refractivity contribution in [2.75, 3.05) is 6.61 Å². The number of ketones is 1. The number of aliphatic hydroxyl groups excluding tert-OH is 1. The maximum absolute atomic E-state index is 12.1. The summed E-state index contributed by atoms with van der Waals surface area (Å²) in [7, 11) is 0. The molecule has 3 saturated carbocycles. The molecular formula is C21H36O3. The molecule has 7 unspecified atom stereocenters. The average molecular weight is 337 g/mol. The molecule has 0 spiro atoms. The van der Waals surface area contributed by atoms with Crippen LogP contribution in [0.3, 0.4) is 0 Å². The van der Waals surface area contributed by atoms with E-state index in [2.05, 4.69) is 13.8 Å². The Balaban J connectivity index is 1.69. The van der Waals surface area contributed by atoms with Crippen LogP contribution >= 0.6 is 0 Å². The normalized spacial score (nSPS) is 49.0. The second kappa shape index (κ2) is 6.72. The lowest BCUT2D eigenvalue weighted by Crippen LogP contribution is -2.44. The lowest BCUT2D eigenvalue weighted by molar-refractivity contribution is -0.130. The summed E-state index contributed by atoms with van der Waals surface area (Å²) >= 11 is 0. The summed E-state index contributed by atoms with van der Waals surface area (Å²) in [5.74, 6) is 2.98. The number of hydrogen-bond donors (Lipinski definition) is 2. The van der Waals surface area contributed by atoms with Crippen LogP contribution in [0.25, 0.3) is 0 Å². The predicted molar refractivity (Wildman–Crippen MR) is 95.5 cm³/mol. The molecule has 0 saturated heterocycles. The first kappa shape index (κ1) is 18.4. The van der Waals surface area contributed by atoms with Crippen LogP contribution in [0.5, 0.6) is 0 Å². The van der Waals surface area contributed by atoms with E-state index in [1.54, 1.807) is 0 Å².